The van der Waals surface area contributed by atoms with Gasteiger partial charge in [-0.15, -0.1) is 11.3 Å². The molecule has 0 unspecified atom stereocenters. The van der Waals surface area contributed by atoms with Crippen LogP contribution in [0.1, 0.15) is 22.9 Å². The lowest BCUT2D eigenvalue weighted by molar-refractivity contribution is 0.193. The molecule has 0 aliphatic carbocycles. The Hall–Kier alpha value is -2.01. The fourth-order valence-corrected chi connectivity index (χ4v) is 4.68. The van der Waals surface area contributed by atoms with Crippen molar-refractivity contribution < 1.29 is 4.79 Å². The third-order valence-electron chi connectivity index (χ3n) is 5.07. The number of rotatable bonds is 3. The first kappa shape index (κ1) is 15.5. The first-order chi connectivity index (χ1) is 11.7. The van der Waals surface area contributed by atoms with Gasteiger partial charge in [-0.25, -0.2) is 4.79 Å². The highest BCUT2D eigenvalue weighted by molar-refractivity contribution is 7.10. The molecule has 24 heavy (non-hydrogen) atoms. The van der Waals surface area contributed by atoms with Gasteiger partial charge < -0.3 is 15.1 Å². The molecular formula is C19H23N3OS. The van der Waals surface area contributed by atoms with Gasteiger partial charge in [-0.05, 0) is 48.4 Å². The molecule has 1 aromatic heterocycles. The monoisotopic (exact) mass is 341 g/mol. The summed E-state index contributed by atoms with van der Waals surface area (Å²) in [6.07, 6.45) is 2.08. The number of nitrogens with one attached hydrogen (secondary N) is 1. The van der Waals surface area contributed by atoms with E-state index in [1.165, 1.54) is 21.7 Å². The molecule has 0 radical (unpaired) electrons. The Kier molecular flexibility index (Phi) is 4.19. The van der Waals surface area contributed by atoms with Crippen molar-refractivity contribution in [1.82, 2.24) is 10.2 Å². The van der Waals surface area contributed by atoms with E-state index in [1.54, 1.807) is 11.3 Å². The summed E-state index contributed by atoms with van der Waals surface area (Å²) in [4.78, 5) is 18.2. The van der Waals surface area contributed by atoms with Crippen LogP contribution in [0.15, 0.2) is 35.7 Å². The number of thiophene rings is 1. The Bertz CT molecular complexity index is 742. The molecular weight excluding hydrogens is 318 g/mol. The van der Waals surface area contributed by atoms with Gasteiger partial charge in [0, 0.05) is 42.8 Å². The number of amides is 2. The van der Waals surface area contributed by atoms with Gasteiger partial charge in [0.05, 0.1) is 0 Å². The maximum absolute atomic E-state index is 12.4. The molecule has 1 atom stereocenters. The summed E-state index contributed by atoms with van der Waals surface area (Å²) in [6, 6.07) is 11.3. The number of fused-ring (bicyclic) bond motifs is 2. The summed E-state index contributed by atoms with van der Waals surface area (Å²) in [5, 5.41) is 5.23. The van der Waals surface area contributed by atoms with E-state index in [9.17, 15) is 4.79 Å². The fraction of sp³-hybridized carbons (Fsp3) is 0.421. The number of urea groups is 1. The first-order valence-corrected chi connectivity index (χ1v) is 9.53. The van der Waals surface area contributed by atoms with Gasteiger partial charge in [0.25, 0.3) is 0 Å². The van der Waals surface area contributed by atoms with Crippen LogP contribution in [0.4, 0.5) is 10.5 Å². The van der Waals surface area contributed by atoms with E-state index in [-0.39, 0.29) is 6.03 Å². The number of benzene rings is 1. The molecule has 126 valence electrons. The summed E-state index contributed by atoms with van der Waals surface area (Å²) in [6.45, 7) is 5.37. The van der Waals surface area contributed by atoms with Crippen molar-refractivity contribution in [1.29, 1.82) is 0 Å². The third kappa shape index (κ3) is 2.88. The molecule has 4 rings (SSSR count). The molecule has 0 fully saturated rings. The average Bonchev–Trinajstić information content (AvgIpc) is 3.18. The fourth-order valence-electron chi connectivity index (χ4n) is 3.79. The molecule has 0 bridgehead atoms. The number of anilines is 1. The Labute approximate surface area is 147 Å². The van der Waals surface area contributed by atoms with Crippen LogP contribution in [0.3, 0.4) is 0 Å². The number of hydrogen-bond acceptors (Lipinski definition) is 3. The van der Waals surface area contributed by atoms with Gasteiger partial charge in [-0.3, -0.25) is 0 Å². The zero-order valence-electron chi connectivity index (χ0n) is 14.0. The van der Waals surface area contributed by atoms with Crippen LogP contribution in [-0.4, -0.2) is 36.6 Å². The largest absolute Gasteiger partial charge is 0.367 e. The maximum atomic E-state index is 12.4. The molecule has 1 aromatic carbocycles. The van der Waals surface area contributed by atoms with E-state index in [0.717, 1.165) is 32.5 Å². The van der Waals surface area contributed by atoms with E-state index in [2.05, 4.69) is 52.9 Å². The second-order valence-electron chi connectivity index (χ2n) is 6.65. The average molecular weight is 341 g/mol. The third-order valence-corrected chi connectivity index (χ3v) is 6.10. The highest BCUT2D eigenvalue weighted by Crippen LogP contribution is 2.31. The number of nitrogens with zero attached hydrogens (tertiary/aromatic N) is 2. The molecule has 4 nitrogen and oxygen atoms in total. The van der Waals surface area contributed by atoms with Gasteiger partial charge in [0.15, 0.2) is 0 Å². The molecule has 5 heteroatoms. The van der Waals surface area contributed by atoms with E-state index < -0.39 is 0 Å². The molecule has 2 aliphatic rings. The maximum Gasteiger partial charge on any atom is 0.317 e. The minimum atomic E-state index is 0.0620. The van der Waals surface area contributed by atoms with Gasteiger partial charge >= 0.3 is 6.03 Å². The topological polar surface area (TPSA) is 35.6 Å². The van der Waals surface area contributed by atoms with Crippen LogP contribution in [0, 0.1) is 0 Å². The quantitative estimate of drug-likeness (QED) is 0.930. The number of hydrogen-bond donors (Lipinski definition) is 1. The van der Waals surface area contributed by atoms with Crippen molar-refractivity contribution in [3.8, 4) is 0 Å². The molecule has 3 heterocycles. The number of carbonyl (C=O) groups excluding carboxylic acids is 1. The zero-order valence-corrected chi connectivity index (χ0v) is 14.8. The zero-order chi connectivity index (χ0) is 16.5. The van der Waals surface area contributed by atoms with Crippen LogP contribution in [0.2, 0.25) is 0 Å². The lowest BCUT2D eigenvalue weighted by Gasteiger charge is -2.29. The lowest BCUT2D eigenvalue weighted by atomic mass is 10.1. The normalized spacial score (nSPS) is 19.1. The van der Waals surface area contributed by atoms with E-state index in [4.69, 9.17) is 0 Å². The first-order valence-electron chi connectivity index (χ1n) is 8.65. The lowest BCUT2D eigenvalue weighted by Crippen LogP contribution is -2.45. The van der Waals surface area contributed by atoms with Crippen LogP contribution < -0.4 is 10.2 Å². The van der Waals surface area contributed by atoms with Crippen molar-refractivity contribution in [2.24, 2.45) is 0 Å². The second-order valence-corrected chi connectivity index (χ2v) is 7.65. The molecule has 1 N–H and O–H groups in total. The summed E-state index contributed by atoms with van der Waals surface area (Å²) in [5.74, 6) is 0. The molecule has 0 saturated heterocycles. The summed E-state index contributed by atoms with van der Waals surface area (Å²) >= 11 is 1.80. The second kappa shape index (κ2) is 6.48. The highest BCUT2D eigenvalue weighted by Gasteiger charge is 2.25. The highest BCUT2D eigenvalue weighted by atomic mass is 32.1. The summed E-state index contributed by atoms with van der Waals surface area (Å²) in [7, 11) is 0. The minimum absolute atomic E-state index is 0.0620. The van der Waals surface area contributed by atoms with Crippen LogP contribution >= 0.6 is 11.3 Å². The SMILES string of the molecule is C[C@@H]1Cc2ccccc2N1CCNC(=O)N1CCc2sccc2C1. The number of para-hydroxylation sites is 1. The Morgan fingerprint density at radius 2 is 2.17 bits per heavy atom. The van der Waals surface area contributed by atoms with Gasteiger partial charge in [0.1, 0.15) is 0 Å². The van der Waals surface area contributed by atoms with Gasteiger partial charge in [-0.1, -0.05) is 18.2 Å². The van der Waals surface area contributed by atoms with Crippen molar-refractivity contribution in [2.75, 3.05) is 24.5 Å². The molecule has 0 saturated carbocycles. The predicted octanol–water partition coefficient (Wildman–Crippen LogP) is 3.27. The van der Waals surface area contributed by atoms with Crippen LogP contribution in [0.25, 0.3) is 0 Å². The Morgan fingerprint density at radius 3 is 3.08 bits per heavy atom. The van der Waals surface area contributed by atoms with Crippen molar-refractivity contribution in [3.63, 3.8) is 0 Å². The van der Waals surface area contributed by atoms with E-state index >= 15 is 0 Å². The molecule has 2 aliphatic heterocycles. The van der Waals surface area contributed by atoms with E-state index in [0.29, 0.717) is 12.6 Å². The van der Waals surface area contributed by atoms with Crippen LogP contribution in [-0.2, 0) is 19.4 Å². The van der Waals surface area contributed by atoms with Gasteiger partial charge in [0.2, 0.25) is 0 Å². The Morgan fingerprint density at radius 1 is 1.29 bits per heavy atom. The standard InChI is InChI=1S/C19H23N3OS/c1-14-12-15-4-2-3-5-17(15)22(14)10-8-20-19(23)21-9-6-18-16(13-21)7-11-24-18/h2-5,7,11,14H,6,8-10,12-13H2,1H3,(H,20,23)/t14-/m1/s1. The van der Waals surface area contributed by atoms with Crippen molar-refractivity contribution in [3.05, 3.63) is 51.7 Å². The number of carbonyl (C=O) groups is 1. The summed E-state index contributed by atoms with van der Waals surface area (Å²) < 4.78 is 0. The molecule has 0 spiro atoms. The smallest absolute Gasteiger partial charge is 0.317 e. The van der Waals surface area contributed by atoms with Gasteiger partial charge in [-0.2, -0.15) is 0 Å². The molecule has 2 aromatic rings. The predicted molar refractivity (Wildman–Crippen MR) is 98.8 cm³/mol. The van der Waals surface area contributed by atoms with Crippen LogP contribution in [0.5, 0.6) is 0 Å². The Balaban J connectivity index is 1.31. The minimum Gasteiger partial charge on any atom is -0.367 e. The molecule has 2 amide bonds. The van der Waals surface area contributed by atoms with E-state index in [1.807, 2.05) is 4.90 Å². The van der Waals surface area contributed by atoms with Crippen molar-refractivity contribution in [2.45, 2.75) is 32.4 Å². The summed E-state index contributed by atoms with van der Waals surface area (Å²) in [5.41, 5.74) is 4.04. The van der Waals surface area contributed by atoms with Crippen molar-refractivity contribution >= 4 is 23.1 Å².